The van der Waals surface area contributed by atoms with Gasteiger partial charge in [-0.25, -0.2) is 4.39 Å². The molecule has 4 rings (SSSR count). The highest BCUT2D eigenvalue weighted by Gasteiger charge is 2.33. The number of carbonyl (C=O) groups excluding carboxylic acids is 1. The summed E-state index contributed by atoms with van der Waals surface area (Å²) in [5.41, 5.74) is -0.322. The highest BCUT2D eigenvalue weighted by atomic mass is 32.1. The summed E-state index contributed by atoms with van der Waals surface area (Å²) in [6.07, 6.45) is 1.30. The van der Waals surface area contributed by atoms with Crippen molar-refractivity contribution in [3.63, 3.8) is 0 Å². The molecule has 3 heterocycles. The number of aromatic nitrogens is 3. The summed E-state index contributed by atoms with van der Waals surface area (Å²) in [6.45, 7) is 1.71. The van der Waals surface area contributed by atoms with E-state index >= 15 is 0 Å². The molecule has 0 amide bonds. The minimum Gasteiger partial charge on any atom is -0.503 e. The van der Waals surface area contributed by atoms with Gasteiger partial charge in [0, 0.05) is 5.56 Å². The number of hydrogen-bond donors (Lipinski definition) is 2. The molecule has 3 aromatic heterocycles. The molecule has 27 heavy (non-hydrogen) atoms. The van der Waals surface area contributed by atoms with Crippen LogP contribution in [0.15, 0.2) is 47.1 Å². The molecule has 2 N–H and O–H groups in total. The number of nitrogens with zero attached hydrogens (tertiary/aromatic N) is 3. The molecule has 7 nitrogen and oxygen atoms in total. The van der Waals surface area contributed by atoms with Gasteiger partial charge < -0.3 is 14.6 Å². The fraction of sp³-hybridized carbons (Fsp3) is 0.0556. The lowest BCUT2D eigenvalue weighted by atomic mass is 10.0. The summed E-state index contributed by atoms with van der Waals surface area (Å²) >= 11 is 1.11. The summed E-state index contributed by atoms with van der Waals surface area (Å²) in [7, 11) is 0. The first-order chi connectivity index (χ1) is 13.0. The first-order valence-electron chi connectivity index (χ1n) is 7.79. The van der Waals surface area contributed by atoms with E-state index < -0.39 is 23.2 Å². The van der Waals surface area contributed by atoms with Crippen LogP contribution in [0.1, 0.15) is 21.1 Å². The fourth-order valence-electron chi connectivity index (χ4n) is 2.76. The number of aryl methyl sites for hydroxylation is 1. The van der Waals surface area contributed by atoms with E-state index in [2.05, 4.69) is 10.2 Å². The maximum absolute atomic E-state index is 14.6. The minimum absolute atomic E-state index is 0.0101. The third-order valence-electron chi connectivity index (χ3n) is 3.93. The van der Waals surface area contributed by atoms with E-state index in [1.807, 2.05) is 0 Å². The Morgan fingerprint density at radius 2 is 1.96 bits per heavy atom. The summed E-state index contributed by atoms with van der Waals surface area (Å²) in [4.78, 5) is 12.9. The second kappa shape index (κ2) is 6.36. The normalized spacial score (nSPS) is 11.0. The van der Waals surface area contributed by atoms with Crippen LogP contribution in [0.4, 0.5) is 4.39 Å². The molecule has 136 valence electrons. The molecule has 0 aliphatic carbocycles. The van der Waals surface area contributed by atoms with Gasteiger partial charge in [0.2, 0.25) is 16.8 Å². The van der Waals surface area contributed by atoms with Crippen molar-refractivity contribution in [2.75, 3.05) is 0 Å². The average Bonchev–Trinajstić information content (AvgIpc) is 3.37. The Hall–Kier alpha value is -3.46. The summed E-state index contributed by atoms with van der Waals surface area (Å²) in [6, 6.07) is 8.65. The molecule has 0 spiro atoms. The highest BCUT2D eigenvalue weighted by molar-refractivity contribution is 7.13. The average molecular weight is 385 g/mol. The third-order valence-corrected chi connectivity index (χ3v) is 4.75. The molecule has 0 unspecified atom stereocenters. The van der Waals surface area contributed by atoms with Crippen LogP contribution in [-0.4, -0.2) is 30.8 Å². The van der Waals surface area contributed by atoms with E-state index in [-0.39, 0.29) is 27.7 Å². The Balaban J connectivity index is 2.08. The molecule has 0 saturated carbocycles. The lowest BCUT2D eigenvalue weighted by Crippen LogP contribution is -2.05. The quantitative estimate of drug-likeness (QED) is 0.520. The molecule has 0 aliphatic rings. The SMILES string of the molecule is Cc1nnc(-n2c(O)c(O)c(C(=O)c3ccco3)c2-c2ccccc2F)s1. The van der Waals surface area contributed by atoms with Crippen LogP contribution in [0.25, 0.3) is 16.4 Å². The van der Waals surface area contributed by atoms with E-state index in [4.69, 9.17) is 4.42 Å². The predicted octanol–water partition coefficient (Wildman–Crippen LogP) is 3.68. The first kappa shape index (κ1) is 17.0. The molecule has 0 bridgehead atoms. The van der Waals surface area contributed by atoms with E-state index in [0.717, 1.165) is 15.9 Å². The Kier molecular flexibility index (Phi) is 4.00. The summed E-state index contributed by atoms with van der Waals surface area (Å²) in [5.74, 6) is -2.73. The Morgan fingerprint density at radius 1 is 1.19 bits per heavy atom. The largest absolute Gasteiger partial charge is 0.503 e. The Bertz CT molecular complexity index is 1150. The molecule has 0 atom stereocenters. The molecule has 9 heteroatoms. The van der Waals surface area contributed by atoms with Gasteiger partial charge in [-0.2, -0.15) is 0 Å². The van der Waals surface area contributed by atoms with Crippen molar-refractivity contribution in [1.82, 2.24) is 14.8 Å². The summed E-state index contributed by atoms with van der Waals surface area (Å²) < 4.78 is 20.8. The maximum atomic E-state index is 14.6. The molecule has 0 fully saturated rings. The van der Waals surface area contributed by atoms with E-state index in [1.54, 1.807) is 13.0 Å². The van der Waals surface area contributed by atoms with Gasteiger partial charge >= 0.3 is 0 Å². The fourth-order valence-corrected chi connectivity index (χ4v) is 3.46. The number of halogens is 1. The van der Waals surface area contributed by atoms with Crippen molar-refractivity contribution in [2.24, 2.45) is 0 Å². The van der Waals surface area contributed by atoms with Crippen molar-refractivity contribution < 1.29 is 23.8 Å². The molecule has 0 aliphatic heterocycles. The van der Waals surface area contributed by atoms with Gasteiger partial charge in [0.15, 0.2) is 11.5 Å². The first-order valence-corrected chi connectivity index (χ1v) is 8.61. The second-order valence-electron chi connectivity index (χ2n) is 5.62. The zero-order chi connectivity index (χ0) is 19.1. The third kappa shape index (κ3) is 2.68. The Labute approximate surface area is 156 Å². The standard InChI is InChI=1S/C18H12FN3O4S/c1-9-20-21-18(27-9)22-14(10-5-2-3-6-11(10)19)13(16(24)17(22)25)15(23)12-7-4-8-26-12/h2-8,24-25H,1H3. The number of benzene rings is 1. The maximum Gasteiger partial charge on any atom is 0.242 e. The topological polar surface area (TPSA) is 101 Å². The van der Waals surface area contributed by atoms with Gasteiger partial charge in [-0.1, -0.05) is 23.5 Å². The van der Waals surface area contributed by atoms with Crippen LogP contribution in [0.2, 0.25) is 0 Å². The van der Waals surface area contributed by atoms with Gasteiger partial charge in [0.1, 0.15) is 10.8 Å². The number of hydrogen-bond acceptors (Lipinski definition) is 7. The van der Waals surface area contributed by atoms with Gasteiger partial charge in [-0.3, -0.25) is 9.36 Å². The van der Waals surface area contributed by atoms with E-state index in [9.17, 15) is 19.4 Å². The lowest BCUT2D eigenvalue weighted by Gasteiger charge is -2.09. The zero-order valence-electron chi connectivity index (χ0n) is 13.9. The number of carbonyl (C=O) groups is 1. The number of furan rings is 1. The van der Waals surface area contributed by atoms with Crippen molar-refractivity contribution in [1.29, 1.82) is 0 Å². The number of ketones is 1. The number of rotatable bonds is 4. The van der Waals surface area contributed by atoms with Gasteiger partial charge in [0.05, 0.1) is 17.5 Å². The van der Waals surface area contributed by atoms with E-state index in [0.29, 0.717) is 5.01 Å². The molecule has 0 saturated heterocycles. The van der Waals surface area contributed by atoms with Crippen molar-refractivity contribution >= 4 is 17.1 Å². The molecular weight excluding hydrogens is 373 g/mol. The summed E-state index contributed by atoms with van der Waals surface area (Å²) in [5, 5.41) is 29.6. The highest BCUT2D eigenvalue weighted by Crippen LogP contribution is 2.44. The van der Waals surface area contributed by atoms with Crippen LogP contribution >= 0.6 is 11.3 Å². The monoisotopic (exact) mass is 385 g/mol. The lowest BCUT2D eigenvalue weighted by molar-refractivity contribution is 0.101. The Morgan fingerprint density at radius 3 is 2.59 bits per heavy atom. The minimum atomic E-state index is -0.703. The van der Waals surface area contributed by atoms with Crippen LogP contribution in [0, 0.1) is 12.7 Å². The van der Waals surface area contributed by atoms with Crippen LogP contribution in [0.5, 0.6) is 11.6 Å². The van der Waals surface area contributed by atoms with E-state index in [1.165, 1.54) is 36.6 Å². The zero-order valence-corrected chi connectivity index (χ0v) is 14.7. The smallest absolute Gasteiger partial charge is 0.242 e. The van der Waals surface area contributed by atoms with Gasteiger partial charge in [-0.15, -0.1) is 10.2 Å². The number of aromatic hydroxyl groups is 2. The molecule has 4 aromatic rings. The van der Waals surface area contributed by atoms with Crippen molar-refractivity contribution in [2.45, 2.75) is 6.92 Å². The van der Waals surface area contributed by atoms with Crippen molar-refractivity contribution in [3.8, 4) is 28.0 Å². The second-order valence-corrected chi connectivity index (χ2v) is 6.78. The van der Waals surface area contributed by atoms with Gasteiger partial charge in [0.25, 0.3) is 0 Å². The molecule has 1 aromatic carbocycles. The van der Waals surface area contributed by atoms with Crippen LogP contribution < -0.4 is 0 Å². The molecular formula is C18H12FN3O4S. The van der Waals surface area contributed by atoms with Gasteiger partial charge in [-0.05, 0) is 31.2 Å². The predicted molar refractivity (Wildman–Crippen MR) is 94.8 cm³/mol. The van der Waals surface area contributed by atoms with Crippen molar-refractivity contribution in [3.05, 3.63) is 64.8 Å². The van der Waals surface area contributed by atoms with Crippen LogP contribution in [0.3, 0.4) is 0 Å². The molecule has 0 radical (unpaired) electrons. The van der Waals surface area contributed by atoms with Crippen LogP contribution in [-0.2, 0) is 0 Å².